The summed E-state index contributed by atoms with van der Waals surface area (Å²) in [5.41, 5.74) is 1.09. The molecule has 0 radical (unpaired) electrons. The fourth-order valence-corrected chi connectivity index (χ4v) is 1.81. The van der Waals surface area contributed by atoms with E-state index in [4.69, 9.17) is 5.11 Å². The van der Waals surface area contributed by atoms with Crippen LogP contribution in [0, 0.1) is 18.7 Å². The second kappa shape index (κ2) is 7.47. The molecule has 0 saturated carbocycles. The molecule has 1 atom stereocenters. The average molecular weight is 282 g/mol. The third-order valence-electron chi connectivity index (χ3n) is 2.93. The molecule has 1 unspecified atom stereocenters. The van der Waals surface area contributed by atoms with Crippen molar-refractivity contribution in [1.29, 1.82) is 0 Å². The number of amides is 2. The van der Waals surface area contributed by atoms with Crippen LogP contribution in [0.5, 0.6) is 0 Å². The number of carboxylic acid groups (broad SMARTS) is 1. The average Bonchev–Trinajstić information content (AvgIpc) is 2.37. The van der Waals surface area contributed by atoms with Crippen molar-refractivity contribution in [2.24, 2.45) is 5.92 Å². The van der Waals surface area contributed by atoms with Gasteiger partial charge in [-0.25, -0.2) is 9.18 Å². The van der Waals surface area contributed by atoms with Crippen molar-refractivity contribution in [3.8, 4) is 0 Å². The number of urea groups is 1. The molecular formula is C14H19FN2O3. The molecule has 0 heterocycles. The van der Waals surface area contributed by atoms with E-state index >= 15 is 0 Å². The number of carbonyl (C=O) groups excluding carboxylic acids is 1. The third-order valence-corrected chi connectivity index (χ3v) is 2.93. The number of aliphatic carboxylic acids is 1. The van der Waals surface area contributed by atoms with E-state index in [9.17, 15) is 14.0 Å². The number of hydrogen-bond acceptors (Lipinski definition) is 2. The quantitative estimate of drug-likeness (QED) is 0.750. The van der Waals surface area contributed by atoms with Crippen molar-refractivity contribution >= 4 is 17.7 Å². The molecule has 2 amide bonds. The first-order chi connectivity index (χ1) is 9.43. The first-order valence-electron chi connectivity index (χ1n) is 6.47. The highest BCUT2D eigenvalue weighted by Gasteiger charge is 2.17. The highest BCUT2D eigenvalue weighted by atomic mass is 19.1. The van der Waals surface area contributed by atoms with E-state index < -0.39 is 17.9 Å². The third kappa shape index (κ3) is 4.87. The van der Waals surface area contributed by atoms with Crippen LogP contribution in [0.2, 0.25) is 0 Å². The summed E-state index contributed by atoms with van der Waals surface area (Å²) in [5, 5.41) is 14.0. The van der Waals surface area contributed by atoms with Crippen LogP contribution in [-0.2, 0) is 4.79 Å². The number of anilines is 1. The predicted octanol–water partition coefficient (Wildman–Crippen LogP) is 2.76. The molecular weight excluding hydrogens is 263 g/mol. The molecule has 3 N–H and O–H groups in total. The summed E-state index contributed by atoms with van der Waals surface area (Å²) < 4.78 is 12.9. The molecule has 6 heteroatoms. The lowest BCUT2D eigenvalue weighted by Crippen LogP contribution is -2.35. The van der Waals surface area contributed by atoms with Gasteiger partial charge in [0.05, 0.1) is 5.92 Å². The van der Waals surface area contributed by atoms with Crippen LogP contribution in [0.3, 0.4) is 0 Å². The number of benzene rings is 1. The SMILES string of the molecule is CCCC(CNC(=O)Nc1ccc(F)cc1C)C(=O)O. The maximum Gasteiger partial charge on any atom is 0.319 e. The Labute approximate surface area is 117 Å². The van der Waals surface area contributed by atoms with E-state index in [0.29, 0.717) is 17.7 Å². The van der Waals surface area contributed by atoms with E-state index in [2.05, 4.69) is 10.6 Å². The first kappa shape index (κ1) is 15.9. The number of hydrogen-bond donors (Lipinski definition) is 3. The molecule has 20 heavy (non-hydrogen) atoms. The van der Waals surface area contributed by atoms with Gasteiger partial charge in [-0.3, -0.25) is 4.79 Å². The van der Waals surface area contributed by atoms with Crippen molar-refractivity contribution in [3.63, 3.8) is 0 Å². The minimum absolute atomic E-state index is 0.0647. The van der Waals surface area contributed by atoms with E-state index in [-0.39, 0.29) is 12.4 Å². The Kier molecular flexibility index (Phi) is 5.96. The second-order valence-electron chi connectivity index (χ2n) is 4.62. The summed E-state index contributed by atoms with van der Waals surface area (Å²) >= 11 is 0. The van der Waals surface area contributed by atoms with Crippen LogP contribution >= 0.6 is 0 Å². The molecule has 1 rings (SSSR count). The van der Waals surface area contributed by atoms with Gasteiger partial charge >= 0.3 is 12.0 Å². The van der Waals surface area contributed by atoms with Gasteiger partial charge in [0, 0.05) is 12.2 Å². The zero-order valence-electron chi connectivity index (χ0n) is 11.6. The van der Waals surface area contributed by atoms with Crippen molar-refractivity contribution in [3.05, 3.63) is 29.6 Å². The smallest absolute Gasteiger partial charge is 0.319 e. The van der Waals surface area contributed by atoms with Crippen molar-refractivity contribution in [1.82, 2.24) is 5.32 Å². The van der Waals surface area contributed by atoms with Crippen LogP contribution in [0.15, 0.2) is 18.2 Å². The fourth-order valence-electron chi connectivity index (χ4n) is 1.81. The Morgan fingerprint density at radius 2 is 2.10 bits per heavy atom. The summed E-state index contributed by atoms with van der Waals surface area (Å²) in [6.45, 7) is 3.63. The topological polar surface area (TPSA) is 78.4 Å². The number of carbonyl (C=O) groups is 2. The molecule has 0 aliphatic rings. The number of rotatable bonds is 6. The van der Waals surface area contributed by atoms with Crippen molar-refractivity contribution < 1.29 is 19.1 Å². The summed E-state index contributed by atoms with van der Waals surface area (Å²) in [7, 11) is 0. The maximum absolute atomic E-state index is 12.9. The molecule has 0 saturated heterocycles. The summed E-state index contributed by atoms with van der Waals surface area (Å²) in [6.07, 6.45) is 1.24. The molecule has 1 aromatic rings. The second-order valence-corrected chi connectivity index (χ2v) is 4.62. The Balaban J connectivity index is 2.53. The Bertz CT molecular complexity index is 491. The maximum atomic E-state index is 12.9. The lowest BCUT2D eigenvalue weighted by molar-refractivity contribution is -0.141. The molecule has 0 bridgehead atoms. The number of aryl methyl sites for hydroxylation is 1. The Morgan fingerprint density at radius 1 is 1.40 bits per heavy atom. The van der Waals surface area contributed by atoms with Gasteiger partial charge in [-0.05, 0) is 37.1 Å². The zero-order chi connectivity index (χ0) is 15.1. The summed E-state index contributed by atoms with van der Waals surface area (Å²) in [5.74, 6) is -1.90. The van der Waals surface area contributed by atoms with Gasteiger partial charge in [-0.15, -0.1) is 0 Å². The van der Waals surface area contributed by atoms with E-state index in [1.54, 1.807) is 6.92 Å². The zero-order valence-corrected chi connectivity index (χ0v) is 11.6. The standard InChI is InChI=1S/C14H19FN2O3/c1-3-4-10(13(18)19)8-16-14(20)17-12-6-5-11(15)7-9(12)2/h5-7,10H,3-4,8H2,1-2H3,(H,18,19)(H2,16,17,20). The van der Waals surface area contributed by atoms with Gasteiger partial charge in [-0.1, -0.05) is 13.3 Å². The highest BCUT2D eigenvalue weighted by Crippen LogP contribution is 2.15. The highest BCUT2D eigenvalue weighted by molar-refractivity contribution is 5.90. The lowest BCUT2D eigenvalue weighted by Gasteiger charge is -2.14. The summed E-state index contributed by atoms with van der Waals surface area (Å²) in [6, 6.07) is 3.53. The molecule has 0 fully saturated rings. The Hall–Kier alpha value is -2.11. The van der Waals surface area contributed by atoms with E-state index in [1.807, 2.05) is 6.92 Å². The van der Waals surface area contributed by atoms with Crippen LogP contribution in [-0.4, -0.2) is 23.7 Å². The normalized spacial score (nSPS) is 11.8. The van der Waals surface area contributed by atoms with E-state index in [0.717, 1.165) is 6.42 Å². The molecule has 0 aliphatic heterocycles. The van der Waals surface area contributed by atoms with Gasteiger partial charge < -0.3 is 15.7 Å². The van der Waals surface area contributed by atoms with E-state index in [1.165, 1.54) is 18.2 Å². The van der Waals surface area contributed by atoms with Crippen molar-refractivity contribution in [2.75, 3.05) is 11.9 Å². The summed E-state index contributed by atoms with van der Waals surface area (Å²) in [4.78, 5) is 22.6. The molecule has 0 spiro atoms. The number of halogens is 1. The van der Waals surface area contributed by atoms with Gasteiger partial charge in [-0.2, -0.15) is 0 Å². The molecule has 0 aliphatic carbocycles. The van der Waals surface area contributed by atoms with Gasteiger partial charge in [0.2, 0.25) is 0 Å². The predicted molar refractivity (Wildman–Crippen MR) is 74.2 cm³/mol. The number of carboxylic acids is 1. The van der Waals surface area contributed by atoms with Crippen molar-refractivity contribution in [2.45, 2.75) is 26.7 Å². The largest absolute Gasteiger partial charge is 0.481 e. The first-order valence-corrected chi connectivity index (χ1v) is 6.47. The number of nitrogens with one attached hydrogen (secondary N) is 2. The van der Waals surface area contributed by atoms with Crippen LogP contribution in [0.25, 0.3) is 0 Å². The molecule has 110 valence electrons. The van der Waals surface area contributed by atoms with Gasteiger partial charge in [0.15, 0.2) is 0 Å². The van der Waals surface area contributed by atoms with Crippen LogP contribution < -0.4 is 10.6 Å². The Morgan fingerprint density at radius 3 is 2.65 bits per heavy atom. The van der Waals surface area contributed by atoms with Crippen LogP contribution in [0.1, 0.15) is 25.3 Å². The molecule has 1 aromatic carbocycles. The minimum Gasteiger partial charge on any atom is -0.481 e. The van der Waals surface area contributed by atoms with Gasteiger partial charge in [0.1, 0.15) is 5.82 Å². The van der Waals surface area contributed by atoms with Gasteiger partial charge in [0.25, 0.3) is 0 Å². The monoisotopic (exact) mass is 282 g/mol. The minimum atomic E-state index is -0.926. The fraction of sp³-hybridized carbons (Fsp3) is 0.429. The molecule has 0 aromatic heterocycles. The van der Waals surface area contributed by atoms with Crippen LogP contribution in [0.4, 0.5) is 14.9 Å². The molecule has 5 nitrogen and oxygen atoms in total. The lowest BCUT2D eigenvalue weighted by atomic mass is 10.0.